The van der Waals surface area contributed by atoms with Gasteiger partial charge in [-0.1, -0.05) is 60.3 Å². The number of thioether (sulfide) groups is 1. The zero-order valence-corrected chi connectivity index (χ0v) is 17.9. The van der Waals surface area contributed by atoms with Gasteiger partial charge in [-0.3, -0.25) is 4.79 Å². The van der Waals surface area contributed by atoms with Gasteiger partial charge in [0.25, 0.3) is 0 Å². The predicted octanol–water partition coefficient (Wildman–Crippen LogP) is 2.51. The number of para-hydroxylation sites is 1. The number of amides is 1. The standard InChI is InChI=1S/C22H21N5O3S/c1-27-17-11-7-6-10-15(17)19-20(27)24-22(26-25-19)31-13-18(28)23-16(21(29)30-2)12-14-8-4-3-5-9-14/h3-11,16H,12-13H2,1-2H3,(H,23,28)/t16-/m0/s1. The highest BCUT2D eigenvalue weighted by atomic mass is 32.2. The summed E-state index contributed by atoms with van der Waals surface area (Å²) in [6, 6.07) is 16.6. The highest BCUT2D eigenvalue weighted by molar-refractivity contribution is 7.99. The molecule has 0 unspecified atom stereocenters. The van der Waals surface area contributed by atoms with Crippen molar-refractivity contribution < 1.29 is 14.3 Å². The van der Waals surface area contributed by atoms with E-state index < -0.39 is 12.0 Å². The van der Waals surface area contributed by atoms with E-state index in [-0.39, 0.29) is 11.7 Å². The summed E-state index contributed by atoms with van der Waals surface area (Å²) >= 11 is 1.17. The quantitative estimate of drug-likeness (QED) is 0.352. The van der Waals surface area contributed by atoms with Crippen LogP contribution in [-0.2, 0) is 27.8 Å². The first-order chi connectivity index (χ1) is 15.1. The lowest BCUT2D eigenvalue weighted by molar-refractivity contribution is -0.144. The van der Waals surface area contributed by atoms with Crippen molar-refractivity contribution >= 4 is 45.7 Å². The molecule has 0 aliphatic rings. The molecule has 2 heterocycles. The molecular formula is C22H21N5O3S. The Balaban J connectivity index is 1.44. The number of rotatable bonds is 7. The van der Waals surface area contributed by atoms with Crippen LogP contribution in [0.5, 0.6) is 0 Å². The van der Waals surface area contributed by atoms with Gasteiger partial charge in [-0.25, -0.2) is 9.78 Å². The summed E-state index contributed by atoms with van der Waals surface area (Å²) in [6.07, 6.45) is 0.351. The second-order valence-electron chi connectivity index (χ2n) is 6.96. The molecule has 0 aliphatic carbocycles. The van der Waals surface area contributed by atoms with E-state index in [0.29, 0.717) is 17.2 Å². The molecule has 8 nitrogen and oxygen atoms in total. The van der Waals surface area contributed by atoms with Crippen LogP contribution in [0.3, 0.4) is 0 Å². The first-order valence-corrected chi connectivity index (χ1v) is 10.7. The molecule has 0 saturated heterocycles. The number of aromatic nitrogens is 4. The molecule has 158 valence electrons. The fraction of sp³-hybridized carbons (Fsp3) is 0.227. The number of ether oxygens (including phenoxy) is 1. The molecule has 1 amide bonds. The van der Waals surface area contributed by atoms with E-state index in [4.69, 9.17) is 4.74 Å². The van der Waals surface area contributed by atoms with E-state index in [2.05, 4.69) is 20.5 Å². The number of carbonyl (C=O) groups is 2. The summed E-state index contributed by atoms with van der Waals surface area (Å²) in [5.41, 5.74) is 3.37. The fourth-order valence-corrected chi connectivity index (χ4v) is 4.00. The molecule has 31 heavy (non-hydrogen) atoms. The van der Waals surface area contributed by atoms with Crippen LogP contribution in [0.15, 0.2) is 59.8 Å². The second-order valence-corrected chi connectivity index (χ2v) is 7.91. The Morgan fingerprint density at radius 2 is 1.84 bits per heavy atom. The summed E-state index contributed by atoms with van der Waals surface area (Å²) < 4.78 is 6.80. The molecule has 4 aromatic rings. The number of methoxy groups -OCH3 is 1. The topological polar surface area (TPSA) is 99.0 Å². The largest absolute Gasteiger partial charge is 0.467 e. The van der Waals surface area contributed by atoms with Gasteiger partial charge in [0.1, 0.15) is 11.6 Å². The smallest absolute Gasteiger partial charge is 0.328 e. The van der Waals surface area contributed by atoms with Crippen molar-refractivity contribution in [2.24, 2.45) is 7.05 Å². The lowest BCUT2D eigenvalue weighted by Gasteiger charge is -2.16. The average Bonchev–Trinajstić information content (AvgIpc) is 3.09. The first kappa shape index (κ1) is 20.8. The van der Waals surface area contributed by atoms with Gasteiger partial charge in [-0.15, -0.1) is 10.2 Å². The molecule has 2 aromatic heterocycles. The Hall–Kier alpha value is -3.46. The van der Waals surface area contributed by atoms with Crippen LogP contribution in [0.1, 0.15) is 5.56 Å². The van der Waals surface area contributed by atoms with Crippen molar-refractivity contribution in [2.45, 2.75) is 17.6 Å². The van der Waals surface area contributed by atoms with E-state index in [1.54, 1.807) is 0 Å². The van der Waals surface area contributed by atoms with Crippen molar-refractivity contribution in [3.05, 3.63) is 60.2 Å². The number of nitrogens with one attached hydrogen (secondary N) is 1. The Morgan fingerprint density at radius 3 is 2.61 bits per heavy atom. The van der Waals surface area contributed by atoms with Gasteiger partial charge < -0.3 is 14.6 Å². The van der Waals surface area contributed by atoms with Gasteiger partial charge in [0, 0.05) is 18.9 Å². The minimum atomic E-state index is -0.764. The van der Waals surface area contributed by atoms with Crippen LogP contribution in [0.2, 0.25) is 0 Å². The third kappa shape index (κ3) is 4.51. The highest BCUT2D eigenvalue weighted by Crippen LogP contribution is 2.25. The lowest BCUT2D eigenvalue weighted by Crippen LogP contribution is -2.43. The van der Waals surface area contributed by atoms with Gasteiger partial charge in [0.2, 0.25) is 11.1 Å². The Labute approximate surface area is 183 Å². The van der Waals surface area contributed by atoms with Crippen molar-refractivity contribution in [1.29, 1.82) is 0 Å². The number of fused-ring (bicyclic) bond motifs is 3. The average molecular weight is 436 g/mol. The first-order valence-electron chi connectivity index (χ1n) is 9.68. The number of carbonyl (C=O) groups excluding carboxylic acids is 2. The van der Waals surface area contributed by atoms with Crippen LogP contribution in [0, 0.1) is 0 Å². The van der Waals surface area contributed by atoms with Gasteiger partial charge in [-0.2, -0.15) is 0 Å². The maximum absolute atomic E-state index is 12.5. The summed E-state index contributed by atoms with van der Waals surface area (Å²) in [6.45, 7) is 0. The maximum atomic E-state index is 12.5. The Kier molecular flexibility index (Phi) is 6.13. The van der Waals surface area contributed by atoms with Crippen LogP contribution in [0.4, 0.5) is 0 Å². The molecule has 0 radical (unpaired) electrons. The van der Waals surface area contributed by atoms with Gasteiger partial charge in [0.15, 0.2) is 5.65 Å². The van der Waals surface area contributed by atoms with Gasteiger partial charge >= 0.3 is 5.97 Å². The lowest BCUT2D eigenvalue weighted by atomic mass is 10.1. The molecular weight excluding hydrogens is 414 g/mol. The zero-order chi connectivity index (χ0) is 21.8. The number of aryl methyl sites for hydroxylation is 1. The van der Waals surface area contributed by atoms with Crippen LogP contribution in [0.25, 0.3) is 22.1 Å². The van der Waals surface area contributed by atoms with E-state index >= 15 is 0 Å². The fourth-order valence-electron chi connectivity index (χ4n) is 3.40. The van der Waals surface area contributed by atoms with Crippen LogP contribution in [-0.4, -0.2) is 50.5 Å². The second kappa shape index (κ2) is 9.13. The molecule has 0 spiro atoms. The molecule has 2 aromatic carbocycles. The number of nitrogens with zero attached hydrogens (tertiary/aromatic N) is 4. The zero-order valence-electron chi connectivity index (χ0n) is 17.1. The molecule has 0 aliphatic heterocycles. The van der Waals surface area contributed by atoms with E-state index in [1.165, 1.54) is 18.9 Å². The van der Waals surface area contributed by atoms with Crippen molar-refractivity contribution in [2.75, 3.05) is 12.9 Å². The summed E-state index contributed by atoms with van der Waals surface area (Å²) in [4.78, 5) is 29.2. The molecule has 1 N–H and O–H groups in total. The number of hydrogen-bond acceptors (Lipinski definition) is 7. The number of esters is 1. The van der Waals surface area contributed by atoms with E-state index in [9.17, 15) is 9.59 Å². The van der Waals surface area contributed by atoms with Gasteiger partial charge in [0.05, 0.1) is 18.4 Å². The minimum Gasteiger partial charge on any atom is -0.467 e. The Morgan fingerprint density at radius 1 is 1.10 bits per heavy atom. The summed E-state index contributed by atoms with van der Waals surface area (Å²) in [5, 5.41) is 12.6. The molecule has 0 fully saturated rings. The monoisotopic (exact) mass is 435 g/mol. The molecule has 1 atom stereocenters. The third-order valence-corrected chi connectivity index (χ3v) is 5.76. The third-order valence-electron chi connectivity index (χ3n) is 4.92. The van der Waals surface area contributed by atoms with E-state index in [0.717, 1.165) is 22.0 Å². The molecule has 0 bridgehead atoms. The molecule has 9 heteroatoms. The predicted molar refractivity (Wildman–Crippen MR) is 119 cm³/mol. The molecule has 0 saturated carbocycles. The Bertz CT molecular complexity index is 1240. The van der Waals surface area contributed by atoms with Gasteiger partial charge in [-0.05, 0) is 11.6 Å². The van der Waals surface area contributed by atoms with Crippen LogP contribution < -0.4 is 5.32 Å². The summed E-state index contributed by atoms with van der Waals surface area (Å²) in [5.74, 6) is -0.742. The molecule has 4 rings (SSSR count). The highest BCUT2D eigenvalue weighted by Gasteiger charge is 2.22. The van der Waals surface area contributed by atoms with Crippen molar-refractivity contribution in [3.63, 3.8) is 0 Å². The minimum absolute atomic E-state index is 0.0550. The van der Waals surface area contributed by atoms with E-state index in [1.807, 2.05) is 66.2 Å². The SMILES string of the molecule is COC(=O)[C@H](Cc1ccccc1)NC(=O)CSc1nnc2c3ccccc3n(C)c2n1. The number of benzene rings is 2. The van der Waals surface area contributed by atoms with Crippen LogP contribution >= 0.6 is 11.8 Å². The maximum Gasteiger partial charge on any atom is 0.328 e. The number of hydrogen-bond donors (Lipinski definition) is 1. The van der Waals surface area contributed by atoms with Crippen molar-refractivity contribution in [3.8, 4) is 0 Å². The normalized spacial score (nSPS) is 12.1. The summed E-state index contributed by atoms with van der Waals surface area (Å²) in [7, 11) is 3.23. The van der Waals surface area contributed by atoms with Crippen molar-refractivity contribution in [1.82, 2.24) is 25.1 Å².